The fourth-order valence-corrected chi connectivity index (χ4v) is 2.25. The summed E-state index contributed by atoms with van der Waals surface area (Å²) in [7, 11) is 0. The van der Waals surface area contributed by atoms with E-state index in [1.807, 2.05) is 0 Å². The molecule has 6 nitrogen and oxygen atoms in total. The highest BCUT2D eigenvalue weighted by molar-refractivity contribution is 6.14. The first kappa shape index (κ1) is 13.2. The van der Waals surface area contributed by atoms with Crippen molar-refractivity contribution in [2.24, 2.45) is 5.92 Å². The molecule has 2 N–H and O–H groups in total. The lowest BCUT2D eigenvalue weighted by molar-refractivity contribution is -0.149. The Morgan fingerprint density at radius 2 is 1.89 bits per heavy atom. The average Bonchev–Trinajstić information content (AvgIpc) is 2.63. The van der Waals surface area contributed by atoms with Gasteiger partial charge in [-0.05, 0) is 26.0 Å². The average molecular weight is 262 g/mol. The molecule has 1 saturated heterocycles. The van der Waals surface area contributed by atoms with E-state index in [-0.39, 0.29) is 0 Å². The monoisotopic (exact) mass is 262 g/mol. The van der Waals surface area contributed by atoms with E-state index in [0.29, 0.717) is 5.69 Å². The molecule has 19 heavy (non-hydrogen) atoms. The van der Waals surface area contributed by atoms with Crippen LogP contribution in [-0.2, 0) is 14.4 Å². The number of rotatable bonds is 3. The maximum absolute atomic E-state index is 12.2. The van der Waals surface area contributed by atoms with Crippen LogP contribution in [0.25, 0.3) is 0 Å². The van der Waals surface area contributed by atoms with E-state index in [9.17, 15) is 19.5 Å². The highest BCUT2D eigenvalue weighted by atomic mass is 16.4. The number of hydrogen-bond donors (Lipinski definition) is 2. The van der Waals surface area contributed by atoms with E-state index < -0.39 is 29.1 Å². The first-order chi connectivity index (χ1) is 8.88. The van der Waals surface area contributed by atoms with E-state index in [1.165, 1.54) is 13.8 Å². The van der Waals surface area contributed by atoms with Crippen LogP contribution >= 0.6 is 0 Å². The Labute approximate surface area is 110 Å². The van der Waals surface area contributed by atoms with Crippen LogP contribution in [-0.4, -0.2) is 28.3 Å². The molecule has 2 atom stereocenters. The number of carbonyl (C=O) groups excluding carboxylic acids is 2. The quantitative estimate of drug-likeness (QED) is 0.778. The minimum atomic E-state index is -1.63. The molecule has 0 spiro atoms. The van der Waals surface area contributed by atoms with Crippen molar-refractivity contribution in [2.45, 2.75) is 19.4 Å². The van der Waals surface area contributed by atoms with Gasteiger partial charge in [-0.3, -0.25) is 14.4 Å². The molecule has 100 valence electrons. The number of aliphatic carboxylic acids is 1. The first-order valence-corrected chi connectivity index (χ1v) is 5.78. The number of para-hydroxylation sites is 1. The summed E-state index contributed by atoms with van der Waals surface area (Å²) in [6.45, 7) is 2.56. The number of hydrogen-bond acceptors (Lipinski definition) is 4. The lowest BCUT2D eigenvalue weighted by Gasteiger charge is -2.23. The molecule has 1 amide bonds. The predicted octanol–water partition coefficient (Wildman–Crippen LogP) is 0.586. The molecule has 1 fully saturated rings. The second-order valence-electron chi connectivity index (χ2n) is 4.67. The number of amides is 1. The second-order valence-corrected chi connectivity index (χ2v) is 4.67. The smallest absolute Gasteiger partial charge is 0.326 e. The summed E-state index contributed by atoms with van der Waals surface area (Å²) in [4.78, 5) is 35.2. The molecule has 0 aliphatic carbocycles. The number of carboxylic acid groups (broad SMARTS) is 1. The molecule has 2 rings (SSSR count). The molecular weight excluding hydrogens is 248 g/mol. The van der Waals surface area contributed by atoms with Crippen LogP contribution in [0.2, 0.25) is 0 Å². The Morgan fingerprint density at radius 3 is 2.32 bits per heavy atom. The summed E-state index contributed by atoms with van der Waals surface area (Å²) in [5, 5.41) is 10.4. The predicted molar refractivity (Wildman–Crippen MR) is 67.3 cm³/mol. The van der Waals surface area contributed by atoms with Crippen molar-refractivity contribution in [3.05, 3.63) is 30.3 Å². The summed E-state index contributed by atoms with van der Waals surface area (Å²) in [6.07, 6.45) is 0. The number of carbonyl (C=O) groups is 3. The van der Waals surface area contributed by atoms with E-state index in [4.69, 9.17) is 0 Å². The molecular formula is C13H14N2O4. The number of nitrogens with one attached hydrogen (secondary N) is 1. The van der Waals surface area contributed by atoms with Crippen molar-refractivity contribution < 1.29 is 19.5 Å². The van der Waals surface area contributed by atoms with Crippen molar-refractivity contribution in [1.29, 1.82) is 0 Å². The summed E-state index contributed by atoms with van der Waals surface area (Å²) < 4.78 is 0. The van der Waals surface area contributed by atoms with E-state index in [0.717, 1.165) is 5.01 Å². The fourth-order valence-electron chi connectivity index (χ4n) is 2.25. The SMILES string of the molecule is CC(=O)C1C(=O)N(c2ccccc2)NC1(C)C(=O)O. The summed E-state index contributed by atoms with van der Waals surface area (Å²) in [5.74, 6) is -3.49. The maximum atomic E-state index is 12.2. The number of benzene rings is 1. The van der Waals surface area contributed by atoms with Crippen LogP contribution in [0.3, 0.4) is 0 Å². The van der Waals surface area contributed by atoms with Crippen LogP contribution in [0.15, 0.2) is 30.3 Å². The minimum Gasteiger partial charge on any atom is -0.480 e. The number of anilines is 1. The van der Waals surface area contributed by atoms with E-state index in [2.05, 4.69) is 5.43 Å². The van der Waals surface area contributed by atoms with Gasteiger partial charge < -0.3 is 5.11 Å². The molecule has 0 radical (unpaired) electrons. The van der Waals surface area contributed by atoms with E-state index >= 15 is 0 Å². The third-order valence-electron chi connectivity index (χ3n) is 3.25. The third kappa shape index (κ3) is 2.00. The normalized spacial score (nSPS) is 26.5. The number of hydrazine groups is 1. The zero-order chi connectivity index (χ0) is 14.2. The van der Waals surface area contributed by atoms with Gasteiger partial charge in [0, 0.05) is 0 Å². The van der Waals surface area contributed by atoms with Crippen LogP contribution in [0.1, 0.15) is 13.8 Å². The van der Waals surface area contributed by atoms with Crippen molar-refractivity contribution in [1.82, 2.24) is 5.43 Å². The van der Waals surface area contributed by atoms with Crippen molar-refractivity contribution in [3.63, 3.8) is 0 Å². The third-order valence-corrected chi connectivity index (χ3v) is 3.25. The van der Waals surface area contributed by atoms with Crippen molar-refractivity contribution >= 4 is 23.3 Å². The largest absolute Gasteiger partial charge is 0.480 e. The van der Waals surface area contributed by atoms with Gasteiger partial charge >= 0.3 is 5.97 Å². The molecule has 0 saturated carbocycles. The van der Waals surface area contributed by atoms with E-state index in [1.54, 1.807) is 30.3 Å². The van der Waals surface area contributed by atoms with Gasteiger partial charge in [0.2, 0.25) is 0 Å². The summed E-state index contributed by atoms with van der Waals surface area (Å²) >= 11 is 0. The van der Waals surface area contributed by atoms with Gasteiger partial charge in [-0.2, -0.15) is 0 Å². The second kappa shape index (κ2) is 4.47. The van der Waals surface area contributed by atoms with Gasteiger partial charge in [0.1, 0.15) is 11.7 Å². The summed E-state index contributed by atoms with van der Waals surface area (Å²) in [6, 6.07) is 8.56. The molecule has 1 aliphatic heterocycles. The van der Waals surface area contributed by atoms with Crippen molar-refractivity contribution in [2.75, 3.05) is 5.01 Å². The number of carboxylic acids is 1. The van der Waals surface area contributed by atoms with Crippen LogP contribution in [0.5, 0.6) is 0 Å². The lowest BCUT2D eigenvalue weighted by atomic mass is 9.84. The molecule has 1 aromatic carbocycles. The Bertz CT molecular complexity index is 543. The van der Waals surface area contributed by atoms with Crippen molar-refractivity contribution in [3.8, 4) is 0 Å². The minimum absolute atomic E-state index is 0.471. The zero-order valence-electron chi connectivity index (χ0n) is 10.6. The Morgan fingerprint density at radius 1 is 1.32 bits per heavy atom. The van der Waals surface area contributed by atoms with Crippen LogP contribution in [0, 0.1) is 5.92 Å². The number of ketones is 1. The van der Waals surface area contributed by atoms with Gasteiger partial charge in [0.05, 0.1) is 5.69 Å². The highest BCUT2D eigenvalue weighted by Crippen LogP contribution is 2.31. The number of Topliss-reactive ketones (excluding diaryl/α,β-unsaturated/α-hetero) is 1. The first-order valence-electron chi connectivity index (χ1n) is 5.78. The van der Waals surface area contributed by atoms with Crippen LogP contribution in [0.4, 0.5) is 5.69 Å². The molecule has 1 aliphatic rings. The molecule has 6 heteroatoms. The lowest BCUT2D eigenvalue weighted by Crippen LogP contribution is -2.53. The van der Waals surface area contributed by atoms with Gasteiger partial charge in [-0.1, -0.05) is 18.2 Å². The van der Waals surface area contributed by atoms with Gasteiger partial charge in [-0.15, -0.1) is 0 Å². The Balaban J connectivity index is 2.45. The maximum Gasteiger partial charge on any atom is 0.326 e. The molecule has 2 unspecified atom stereocenters. The Kier molecular flexibility index (Phi) is 3.11. The topological polar surface area (TPSA) is 86.7 Å². The molecule has 1 heterocycles. The van der Waals surface area contributed by atoms with Gasteiger partial charge in [-0.25, -0.2) is 10.4 Å². The zero-order valence-corrected chi connectivity index (χ0v) is 10.6. The molecule has 0 aromatic heterocycles. The fraction of sp³-hybridized carbons (Fsp3) is 0.308. The standard InChI is InChI=1S/C13H14N2O4/c1-8(16)10-11(17)15(9-6-4-3-5-7-9)14-13(10,2)12(18)19/h3-7,10,14H,1-2H3,(H,18,19). The van der Waals surface area contributed by atoms with Gasteiger partial charge in [0.15, 0.2) is 5.54 Å². The summed E-state index contributed by atoms with van der Waals surface area (Å²) in [5.41, 5.74) is 1.50. The number of nitrogens with zero attached hydrogens (tertiary/aromatic N) is 1. The van der Waals surface area contributed by atoms with Crippen LogP contribution < -0.4 is 10.4 Å². The van der Waals surface area contributed by atoms with Gasteiger partial charge in [0.25, 0.3) is 5.91 Å². The molecule has 0 bridgehead atoms. The Hall–Kier alpha value is -2.21. The molecule has 1 aromatic rings. The highest BCUT2D eigenvalue weighted by Gasteiger charge is 2.56.